The Morgan fingerprint density at radius 3 is 1.56 bits per heavy atom. The van der Waals surface area contributed by atoms with Gasteiger partial charge in [0.15, 0.2) is 0 Å². The lowest BCUT2D eigenvalue weighted by molar-refractivity contribution is 0.886. The van der Waals surface area contributed by atoms with Gasteiger partial charge in [0, 0.05) is 0 Å². The van der Waals surface area contributed by atoms with Crippen molar-refractivity contribution < 1.29 is 0 Å². The van der Waals surface area contributed by atoms with Crippen molar-refractivity contribution in [2.45, 2.75) is 26.7 Å². The molecule has 0 aromatic heterocycles. The minimum Gasteiger partial charge on any atom is -0.344 e. The highest BCUT2D eigenvalue weighted by atomic mass is 32.2. The smallest absolute Gasteiger partial charge is 0.133 e. The van der Waals surface area contributed by atoms with Crippen LogP contribution >= 0.6 is 11.8 Å². The Labute approximate surface area is 62.2 Å². The fourth-order valence-corrected chi connectivity index (χ4v) is 0. The number of thioether (sulfide) groups is 1. The summed E-state index contributed by atoms with van der Waals surface area (Å²) in [5.74, 6) is 0. The molecule has 0 aromatic rings. The number of nitrogens with zero attached hydrogens (tertiary/aromatic N) is 1. The third kappa shape index (κ3) is 81.0. The summed E-state index contributed by atoms with van der Waals surface area (Å²) in [7, 11) is 0. The lowest BCUT2D eigenvalue weighted by Crippen LogP contribution is -1.47. The van der Waals surface area contributed by atoms with Crippen LogP contribution in [0.25, 0.3) is 0 Å². The van der Waals surface area contributed by atoms with Crippen LogP contribution in [0.15, 0.2) is 0 Å². The molecule has 9 heavy (non-hydrogen) atoms. The fourth-order valence-electron chi connectivity index (χ4n) is 0. The largest absolute Gasteiger partial charge is 0.344 e. The zero-order chi connectivity index (χ0) is 6.83. The SMILES string of the molecule is CCCC.CSC#N.N. The quantitative estimate of drug-likeness (QED) is 0.582. The maximum atomic E-state index is 7.59. The van der Waals surface area contributed by atoms with E-state index in [4.69, 9.17) is 5.26 Å². The monoisotopic (exact) mass is 148 g/mol. The van der Waals surface area contributed by atoms with Crippen LogP contribution in [0.3, 0.4) is 0 Å². The van der Waals surface area contributed by atoms with Crippen molar-refractivity contribution in [3.05, 3.63) is 0 Å². The van der Waals surface area contributed by atoms with E-state index in [9.17, 15) is 0 Å². The predicted octanol–water partition coefficient (Wildman–Crippen LogP) is 2.80. The van der Waals surface area contributed by atoms with E-state index in [0.29, 0.717) is 0 Å². The molecule has 3 heteroatoms. The average molecular weight is 148 g/mol. The number of unbranched alkanes of at least 4 members (excludes halogenated alkanes) is 1. The molecule has 0 unspecified atom stereocenters. The summed E-state index contributed by atoms with van der Waals surface area (Å²) in [5, 5.41) is 9.44. The normalized spacial score (nSPS) is 5.56. The van der Waals surface area contributed by atoms with Gasteiger partial charge in [-0.3, -0.25) is 0 Å². The van der Waals surface area contributed by atoms with E-state index in [-0.39, 0.29) is 6.15 Å². The van der Waals surface area contributed by atoms with Crippen LogP contribution in [0.2, 0.25) is 0 Å². The van der Waals surface area contributed by atoms with Crippen LogP contribution in [0.5, 0.6) is 0 Å². The molecule has 3 N–H and O–H groups in total. The molecule has 0 fully saturated rings. The molecule has 0 aliphatic carbocycles. The highest BCUT2D eigenvalue weighted by Crippen LogP contribution is 1.78. The standard InChI is InChI=1S/C4H10.C2H3NS.H3N/c1-3-4-2;1-4-2-3;/h3-4H2,1-2H3;1H3;1H3. The van der Waals surface area contributed by atoms with E-state index >= 15 is 0 Å². The summed E-state index contributed by atoms with van der Waals surface area (Å²) < 4.78 is 0. The second-order valence-corrected chi connectivity index (χ2v) is 1.89. The second kappa shape index (κ2) is 25.0. The van der Waals surface area contributed by atoms with Gasteiger partial charge < -0.3 is 6.15 Å². The van der Waals surface area contributed by atoms with Crippen LogP contribution < -0.4 is 6.15 Å². The Morgan fingerprint density at radius 2 is 1.56 bits per heavy atom. The third-order valence-corrected chi connectivity index (χ3v) is 0.774. The molecule has 0 heterocycles. The van der Waals surface area contributed by atoms with Crippen LogP contribution in [-0.4, -0.2) is 6.26 Å². The molecule has 0 amide bonds. The van der Waals surface area contributed by atoms with Crippen molar-refractivity contribution in [1.29, 1.82) is 5.26 Å². The predicted molar refractivity (Wildman–Crippen MR) is 44.7 cm³/mol. The molecule has 0 saturated heterocycles. The molecular weight excluding hydrogens is 132 g/mol. The first-order chi connectivity index (χ1) is 3.83. The van der Waals surface area contributed by atoms with Crippen molar-refractivity contribution in [2.24, 2.45) is 0 Å². The van der Waals surface area contributed by atoms with Crippen molar-refractivity contribution in [1.82, 2.24) is 6.15 Å². The van der Waals surface area contributed by atoms with Gasteiger partial charge >= 0.3 is 0 Å². The van der Waals surface area contributed by atoms with Gasteiger partial charge in [-0.15, -0.1) is 0 Å². The summed E-state index contributed by atoms with van der Waals surface area (Å²) in [6.07, 6.45) is 4.38. The van der Waals surface area contributed by atoms with Gasteiger partial charge in [-0.05, 0) is 18.0 Å². The van der Waals surface area contributed by atoms with E-state index in [0.717, 1.165) is 11.8 Å². The summed E-state index contributed by atoms with van der Waals surface area (Å²) >= 11 is 1.16. The minimum atomic E-state index is 0. The molecule has 0 aromatic carbocycles. The maximum Gasteiger partial charge on any atom is 0.133 e. The van der Waals surface area contributed by atoms with Gasteiger partial charge in [0.25, 0.3) is 0 Å². The summed E-state index contributed by atoms with van der Waals surface area (Å²) in [6, 6.07) is 0. The number of thiocyanates is 1. The molecular formula is C6H16N2S. The highest BCUT2D eigenvalue weighted by Gasteiger charge is 1.56. The van der Waals surface area contributed by atoms with Crippen LogP contribution in [0, 0.1) is 10.7 Å². The lowest BCUT2D eigenvalue weighted by Gasteiger charge is -1.68. The van der Waals surface area contributed by atoms with Gasteiger partial charge in [0.1, 0.15) is 5.40 Å². The Hall–Kier alpha value is -0.200. The van der Waals surface area contributed by atoms with Gasteiger partial charge in [0.05, 0.1) is 0 Å². The van der Waals surface area contributed by atoms with Crippen molar-refractivity contribution in [3.8, 4) is 5.40 Å². The average Bonchev–Trinajstić information content (AvgIpc) is 1.88. The molecule has 0 aliphatic heterocycles. The molecule has 56 valence electrons. The van der Waals surface area contributed by atoms with Gasteiger partial charge in [-0.1, -0.05) is 26.7 Å². The molecule has 0 spiro atoms. The minimum absolute atomic E-state index is 0. The van der Waals surface area contributed by atoms with Crippen LogP contribution in [0.1, 0.15) is 26.7 Å². The van der Waals surface area contributed by atoms with Crippen LogP contribution in [0.4, 0.5) is 0 Å². The van der Waals surface area contributed by atoms with E-state index < -0.39 is 0 Å². The Kier molecular flexibility index (Phi) is 44.2. The third-order valence-electron chi connectivity index (χ3n) is 0.591. The van der Waals surface area contributed by atoms with E-state index in [1.807, 2.05) is 5.40 Å². The first-order valence-electron chi connectivity index (χ1n) is 2.75. The number of rotatable bonds is 1. The molecule has 0 atom stereocenters. The van der Waals surface area contributed by atoms with Gasteiger partial charge in [-0.2, -0.15) is 5.26 Å². The van der Waals surface area contributed by atoms with E-state index in [1.54, 1.807) is 6.26 Å². The fraction of sp³-hybridized carbons (Fsp3) is 0.833. The number of nitriles is 1. The summed E-state index contributed by atoms with van der Waals surface area (Å²) in [6.45, 7) is 4.36. The van der Waals surface area contributed by atoms with Crippen molar-refractivity contribution in [3.63, 3.8) is 0 Å². The summed E-state index contributed by atoms with van der Waals surface area (Å²) in [4.78, 5) is 0. The van der Waals surface area contributed by atoms with E-state index in [1.165, 1.54) is 12.8 Å². The maximum absolute atomic E-state index is 7.59. The highest BCUT2D eigenvalue weighted by molar-refractivity contribution is 8.03. The zero-order valence-corrected chi connectivity index (χ0v) is 7.29. The Balaban J connectivity index is -0.0000000720. The molecule has 2 nitrogen and oxygen atoms in total. The molecule has 0 radical (unpaired) electrons. The van der Waals surface area contributed by atoms with Crippen molar-refractivity contribution in [2.75, 3.05) is 6.26 Å². The number of hydrogen-bond donors (Lipinski definition) is 1. The van der Waals surface area contributed by atoms with Gasteiger partial charge in [-0.25, -0.2) is 0 Å². The van der Waals surface area contributed by atoms with E-state index in [2.05, 4.69) is 13.8 Å². The first kappa shape index (κ1) is 15.9. The molecule has 0 saturated carbocycles. The van der Waals surface area contributed by atoms with Crippen molar-refractivity contribution >= 4 is 11.8 Å². The molecule has 0 bridgehead atoms. The zero-order valence-electron chi connectivity index (χ0n) is 6.48. The summed E-state index contributed by atoms with van der Waals surface area (Å²) in [5.41, 5.74) is 0. The number of hydrogen-bond acceptors (Lipinski definition) is 3. The molecule has 0 rings (SSSR count). The van der Waals surface area contributed by atoms with Crippen LogP contribution in [-0.2, 0) is 0 Å². The van der Waals surface area contributed by atoms with Gasteiger partial charge in [0.2, 0.25) is 0 Å². The first-order valence-corrected chi connectivity index (χ1v) is 3.97. The lowest BCUT2D eigenvalue weighted by atomic mass is 10.4. The molecule has 0 aliphatic rings. The Bertz CT molecular complexity index is 56.6. The second-order valence-electron chi connectivity index (χ2n) is 1.30. The Morgan fingerprint density at radius 1 is 1.33 bits per heavy atom. The topological polar surface area (TPSA) is 58.8 Å².